The fourth-order valence-electron chi connectivity index (χ4n) is 2.01. The highest BCUT2D eigenvalue weighted by atomic mass is 16.3. The van der Waals surface area contributed by atoms with E-state index in [0.717, 1.165) is 31.6 Å². The number of hydrogen-bond donors (Lipinski definition) is 1. The molecule has 18 heavy (non-hydrogen) atoms. The fourth-order valence-corrected chi connectivity index (χ4v) is 2.01. The molecule has 0 aliphatic rings. The quantitative estimate of drug-likeness (QED) is 0.815. The third-order valence-electron chi connectivity index (χ3n) is 3.20. The highest BCUT2D eigenvalue weighted by Crippen LogP contribution is 2.05. The standard InChI is InChI=1S/C14H21N3O/c1-12(5-6-14-4-3-11-18-14)15-9-7-13-8-10-16-17(13)2/h3-4,8,10-12,15H,5-7,9H2,1-2H3. The molecule has 2 aromatic heterocycles. The van der Waals surface area contributed by atoms with Crippen LogP contribution in [0.1, 0.15) is 24.8 Å². The molecule has 0 aliphatic heterocycles. The topological polar surface area (TPSA) is 43.0 Å². The number of aryl methyl sites for hydroxylation is 2. The minimum Gasteiger partial charge on any atom is -0.469 e. The van der Waals surface area contributed by atoms with Crippen LogP contribution in [0.2, 0.25) is 0 Å². The van der Waals surface area contributed by atoms with E-state index in [1.54, 1.807) is 6.26 Å². The maximum atomic E-state index is 5.32. The Balaban J connectivity index is 1.63. The van der Waals surface area contributed by atoms with Crippen molar-refractivity contribution in [2.75, 3.05) is 6.54 Å². The van der Waals surface area contributed by atoms with Gasteiger partial charge in [0.1, 0.15) is 5.76 Å². The summed E-state index contributed by atoms with van der Waals surface area (Å²) < 4.78 is 7.25. The minimum atomic E-state index is 0.503. The maximum absolute atomic E-state index is 5.32. The molecule has 98 valence electrons. The van der Waals surface area contributed by atoms with Crippen molar-refractivity contribution in [3.8, 4) is 0 Å². The highest BCUT2D eigenvalue weighted by Gasteiger charge is 2.04. The maximum Gasteiger partial charge on any atom is 0.103 e. The summed E-state index contributed by atoms with van der Waals surface area (Å²) in [7, 11) is 1.98. The first-order valence-electron chi connectivity index (χ1n) is 6.48. The molecule has 0 aromatic carbocycles. The molecule has 1 atom stereocenters. The summed E-state index contributed by atoms with van der Waals surface area (Å²) >= 11 is 0. The predicted molar refractivity (Wildman–Crippen MR) is 71.4 cm³/mol. The first-order valence-corrected chi connectivity index (χ1v) is 6.48. The van der Waals surface area contributed by atoms with E-state index in [4.69, 9.17) is 4.42 Å². The lowest BCUT2D eigenvalue weighted by Gasteiger charge is -2.12. The molecule has 0 spiro atoms. The summed E-state index contributed by atoms with van der Waals surface area (Å²) in [5.41, 5.74) is 1.26. The van der Waals surface area contributed by atoms with Gasteiger partial charge in [-0.25, -0.2) is 0 Å². The molecule has 4 nitrogen and oxygen atoms in total. The zero-order chi connectivity index (χ0) is 12.8. The number of furan rings is 1. The van der Waals surface area contributed by atoms with Crippen LogP contribution in [0.4, 0.5) is 0 Å². The van der Waals surface area contributed by atoms with Crippen molar-refractivity contribution in [3.63, 3.8) is 0 Å². The van der Waals surface area contributed by atoms with Gasteiger partial charge < -0.3 is 9.73 Å². The van der Waals surface area contributed by atoms with E-state index in [2.05, 4.69) is 23.4 Å². The van der Waals surface area contributed by atoms with Gasteiger partial charge in [0, 0.05) is 44.4 Å². The van der Waals surface area contributed by atoms with Gasteiger partial charge >= 0.3 is 0 Å². The van der Waals surface area contributed by atoms with Gasteiger partial charge in [0.15, 0.2) is 0 Å². The zero-order valence-electron chi connectivity index (χ0n) is 11.1. The van der Waals surface area contributed by atoms with E-state index < -0.39 is 0 Å². The van der Waals surface area contributed by atoms with Crippen LogP contribution in [0.15, 0.2) is 35.1 Å². The molecular formula is C14H21N3O. The third kappa shape index (κ3) is 3.74. The van der Waals surface area contributed by atoms with E-state index in [1.807, 2.05) is 30.1 Å². The van der Waals surface area contributed by atoms with Gasteiger partial charge in [-0.3, -0.25) is 4.68 Å². The summed E-state index contributed by atoms with van der Waals surface area (Å²) in [5, 5.41) is 7.69. The molecule has 0 radical (unpaired) electrons. The van der Waals surface area contributed by atoms with Crippen molar-refractivity contribution in [2.24, 2.45) is 7.05 Å². The Bertz CT molecular complexity index is 447. The molecular weight excluding hydrogens is 226 g/mol. The van der Waals surface area contributed by atoms with E-state index in [0.29, 0.717) is 6.04 Å². The summed E-state index contributed by atoms with van der Waals surface area (Å²) in [6.07, 6.45) is 6.68. The van der Waals surface area contributed by atoms with Gasteiger partial charge in [-0.15, -0.1) is 0 Å². The molecule has 4 heteroatoms. The fraction of sp³-hybridized carbons (Fsp3) is 0.500. The van der Waals surface area contributed by atoms with Crippen molar-refractivity contribution in [1.82, 2.24) is 15.1 Å². The van der Waals surface area contributed by atoms with Crippen LogP contribution in [-0.4, -0.2) is 22.4 Å². The van der Waals surface area contributed by atoms with Gasteiger partial charge in [-0.2, -0.15) is 5.10 Å². The van der Waals surface area contributed by atoms with Gasteiger partial charge in [-0.05, 0) is 31.5 Å². The second-order valence-electron chi connectivity index (χ2n) is 4.67. The Kier molecular flexibility index (Phi) is 4.59. The monoisotopic (exact) mass is 247 g/mol. The molecule has 2 heterocycles. The van der Waals surface area contributed by atoms with Gasteiger partial charge in [0.2, 0.25) is 0 Å². The number of nitrogens with one attached hydrogen (secondary N) is 1. The summed E-state index contributed by atoms with van der Waals surface area (Å²) in [6.45, 7) is 3.20. The Morgan fingerprint density at radius 3 is 2.94 bits per heavy atom. The molecule has 0 aliphatic carbocycles. The molecule has 1 unspecified atom stereocenters. The first kappa shape index (κ1) is 12.9. The molecule has 2 aromatic rings. The lowest BCUT2D eigenvalue weighted by Crippen LogP contribution is -2.28. The zero-order valence-corrected chi connectivity index (χ0v) is 11.1. The Hall–Kier alpha value is -1.55. The Morgan fingerprint density at radius 2 is 2.28 bits per heavy atom. The molecule has 2 rings (SSSR count). The predicted octanol–water partition coefficient (Wildman–Crippen LogP) is 2.17. The molecule has 0 saturated carbocycles. The van der Waals surface area contributed by atoms with Crippen LogP contribution in [0.3, 0.4) is 0 Å². The molecule has 0 saturated heterocycles. The Labute approximate surface area is 108 Å². The average Bonchev–Trinajstić information content (AvgIpc) is 2.99. The van der Waals surface area contributed by atoms with Crippen molar-refractivity contribution in [3.05, 3.63) is 42.1 Å². The van der Waals surface area contributed by atoms with Crippen molar-refractivity contribution >= 4 is 0 Å². The van der Waals surface area contributed by atoms with Gasteiger partial charge in [0.05, 0.1) is 6.26 Å². The molecule has 1 N–H and O–H groups in total. The van der Waals surface area contributed by atoms with Gasteiger partial charge in [-0.1, -0.05) is 0 Å². The summed E-state index contributed by atoms with van der Waals surface area (Å²) in [5.74, 6) is 1.07. The normalized spacial score (nSPS) is 12.8. The SMILES string of the molecule is CC(CCc1ccco1)NCCc1ccnn1C. The average molecular weight is 247 g/mol. The van der Waals surface area contributed by atoms with Crippen LogP contribution in [-0.2, 0) is 19.9 Å². The number of hydrogen-bond acceptors (Lipinski definition) is 3. The lowest BCUT2D eigenvalue weighted by atomic mass is 10.1. The van der Waals surface area contributed by atoms with Crippen molar-refractivity contribution in [2.45, 2.75) is 32.2 Å². The second-order valence-corrected chi connectivity index (χ2v) is 4.67. The van der Waals surface area contributed by atoms with Crippen LogP contribution in [0, 0.1) is 0 Å². The van der Waals surface area contributed by atoms with E-state index >= 15 is 0 Å². The van der Waals surface area contributed by atoms with E-state index in [1.165, 1.54) is 5.69 Å². The van der Waals surface area contributed by atoms with Crippen molar-refractivity contribution in [1.29, 1.82) is 0 Å². The van der Waals surface area contributed by atoms with E-state index in [-0.39, 0.29) is 0 Å². The smallest absolute Gasteiger partial charge is 0.103 e. The molecule has 0 amide bonds. The van der Waals surface area contributed by atoms with Crippen LogP contribution < -0.4 is 5.32 Å². The number of nitrogens with zero attached hydrogens (tertiary/aromatic N) is 2. The number of rotatable bonds is 7. The first-order chi connectivity index (χ1) is 8.75. The lowest BCUT2D eigenvalue weighted by molar-refractivity contribution is 0.460. The van der Waals surface area contributed by atoms with Crippen LogP contribution in [0.25, 0.3) is 0 Å². The summed E-state index contributed by atoms with van der Waals surface area (Å²) in [6, 6.07) is 6.54. The molecule has 0 fully saturated rings. The van der Waals surface area contributed by atoms with Crippen LogP contribution >= 0.6 is 0 Å². The molecule has 0 bridgehead atoms. The van der Waals surface area contributed by atoms with Crippen molar-refractivity contribution < 1.29 is 4.42 Å². The van der Waals surface area contributed by atoms with E-state index in [9.17, 15) is 0 Å². The largest absolute Gasteiger partial charge is 0.469 e. The Morgan fingerprint density at radius 1 is 1.39 bits per heavy atom. The van der Waals surface area contributed by atoms with Gasteiger partial charge in [0.25, 0.3) is 0 Å². The minimum absolute atomic E-state index is 0.503. The third-order valence-corrected chi connectivity index (χ3v) is 3.20. The van der Waals surface area contributed by atoms with Crippen LogP contribution in [0.5, 0.6) is 0 Å². The number of aromatic nitrogens is 2. The summed E-state index contributed by atoms with van der Waals surface area (Å²) in [4.78, 5) is 0. The second kappa shape index (κ2) is 6.40. The highest BCUT2D eigenvalue weighted by molar-refractivity contribution is 5.00.